The van der Waals surface area contributed by atoms with E-state index in [9.17, 15) is 9.90 Å². The molecule has 4 rings (SSSR count). The maximum atomic E-state index is 11.4. The van der Waals surface area contributed by atoms with Crippen molar-refractivity contribution < 1.29 is 14.6 Å². The number of ether oxygens (including phenoxy) is 1. The van der Waals surface area contributed by atoms with E-state index in [2.05, 4.69) is 4.98 Å². The summed E-state index contributed by atoms with van der Waals surface area (Å²) in [4.78, 5) is 15.8. The number of hydrogen-bond acceptors (Lipinski definition) is 3. The molecule has 0 unspecified atom stereocenters. The van der Waals surface area contributed by atoms with Crippen LogP contribution in [0.25, 0.3) is 22.0 Å². The van der Waals surface area contributed by atoms with Crippen LogP contribution in [-0.2, 0) is 17.8 Å². The fraction of sp³-hybridized carbons (Fsp3) is 0.0833. The molecule has 0 aliphatic carbocycles. The Kier molecular flexibility index (Phi) is 5.02. The lowest BCUT2D eigenvalue weighted by Crippen LogP contribution is -2.03. The molecule has 3 aromatic carbocycles. The molecule has 0 bridgehead atoms. The summed E-state index contributed by atoms with van der Waals surface area (Å²) in [5, 5.41) is 10.3. The summed E-state index contributed by atoms with van der Waals surface area (Å²) in [5.41, 5.74) is 4.42. The maximum absolute atomic E-state index is 11.4. The van der Waals surface area contributed by atoms with Crippen LogP contribution >= 0.6 is 0 Å². The fourth-order valence-electron chi connectivity index (χ4n) is 3.30. The topological polar surface area (TPSA) is 59.4 Å². The van der Waals surface area contributed by atoms with Crippen LogP contribution in [0.4, 0.5) is 0 Å². The Balaban J connectivity index is 1.74. The van der Waals surface area contributed by atoms with Crippen LogP contribution in [0.1, 0.15) is 11.1 Å². The van der Waals surface area contributed by atoms with Crippen molar-refractivity contribution >= 4 is 16.9 Å². The lowest BCUT2D eigenvalue weighted by molar-refractivity contribution is -0.136. The Morgan fingerprint density at radius 2 is 1.71 bits per heavy atom. The van der Waals surface area contributed by atoms with Gasteiger partial charge in [0.2, 0.25) is 0 Å². The fourth-order valence-corrected chi connectivity index (χ4v) is 3.30. The van der Waals surface area contributed by atoms with E-state index in [0.717, 1.165) is 33.3 Å². The monoisotopic (exact) mass is 369 g/mol. The van der Waals surface area contributed by atoms with Gasteiger partial charge in [-0.1, -0.05) is 60.7 Å². The van der Waals surface area contributed by atoms with Gasteiger partial charge in [-0.2, -0.15) is 0 Å². The summed E-state index contributed by atoms with van der Waals surface area (Å²) in [6, 6.07) is 25.5. The second-order valence-corrected chi connectivity index (χ2v) is 6.55. The number of rotatable bonds is 6. The minimum atomic E-state index is -0.880. The van der Waals surface area contributed by atoms with E-state index in [-0.39, 0.29) is 6.42 Å². The average molecular weight is 369 g/mol. The Bertz CT molecular complexity index is 1120. The average Bonchev–Trinajstić information content (AvgIpc) is 2.73. The molecular weight excluding hydrogens is 350 g/mol. The molecule has 4 nitrogen and oxygen atoms in total. The maximum Gasteiger partial charge on any atom is 0.307 e. The van der Waals surface area contributed by atoms with E-state index >= 15 is 0 Å². The van der Waals surface area contributed by atoms with Gasteiger partial charge in [-0.3, -0.25) is 9.78 Å². The van der Waals surface area contributed by atoms with Gasteiger partial charge in [0.25, 0.3) is 0 Å². The van der Waals surface area contributed by atoms with Crippen molar-refractivity contribution in [2.45, 2.75) is 13.0 Å². The Morgan fingerprint density at radius 3 is 2.54 bits per heavy atom. The van der Waals surface area contributed by atoms with Gasteiger partial charge in [-0.05, 0) is 40.5 Å². The van der Waals surface area contributed by atoms with Gasteiger partial charge < -0.3 is 9.84 Å². The summed E-state index contributed by atoms with van der Waals surface area (Å²) in [6.07, 6.45) is 1.57. The molecule has 4 aromatic rings. The van der Waals surface area contributed by atoms with Crippen molar-refractivity contribution in [1.29, 1.82) is 0 Å². The van der Waals surface area contributed by atoms with Crippen LogP contribution in [0, 0.1) is 0 Å². The van der Waals surface area contributed by atoms with Gasteiger partial charge in [0.1, 0.15) is 12.4 Å². The lowest BCUT2D eigenvalue weighted by Gasteiger charge is -2.13. The summed E-state index contributed by atoms with van der Waals surface area (Å²) in [5.74, 6) is -0.140. The highest BCUT2D eigenvalue weighted by Crippen LogP contribution is 2.33. The molecule has 1 N–H and O–H groups in total. The molecule has 138 valence electrons. The second-order valence-electron chi connectivity index (χ2n) is 6.55. The number of benzene rings is 3. The predicted molar refractivity (Wildman–Crippen MR) is 109 cm³/mol. The number of fused-ring (bicyclic) bond motifs is 1. The predicted octanol–water partition coefficient (Wildman–Crippen LogP) is 5.11. The van der Waals surface area contributed by atoms with Crippen molar-refractivity contribution in [2.24, 2.45) is 0 Å². The van der Waals surface area contributed by atoms with Crippen molar-refractivity contribution in [3.63, 3.8) is 0 Å². The molecule has 0 amide bonds. The van der Waals surface area contributed by atoms with Crippen LogP contribution in [0.2, 0.25) is 0 Å². The lowest BCUT2D eigenvalue weighted by atomic mass is 9.95. The Morgan fingerprint density at radius 1 is 0.929 bits per heavy atom. The molecule has 4 heteroatoms. The molecule has 0 fully saturated rings. The highest BCUT2D eigenvalue weighted by Gasteiger charge is 2.14. The van der Waals surface area contributed by atoms with Gasteiger partial charge in [0.15, 0.2) is 0 Å². The first kappa shape index (κ1) is 17.7. The number of para-hydroxylation sites is 1. The van der Waals surface area contributed by atoms with Gasteiger partial charge in [-0.25, -0.2) is 0 Å². The molecule has 0 saturated carbocycles. The van der Waals surface area contributed by atoms with Crippen LogP contribution in [-0.4, -0.2) is 16.1 Å². The normalized spacial score (nSPS) is 10.7. The molecule has 0 saturated heterocycles. The summed E-state index contributed by atoms with van der Waals surface area (Å²) in [7, 11) is 0. The van der Waals surface area contributed by atoms with Crippen molar-refractivity contribution in [3.8, 4) is 16.9 Å². The SMILES string of the molecule is O=C(O)Cc1cnc2ccccc2c1-c1cccc(OCc2ccccc2)c1. The first-order chi connectivity index (χ1) is 13.7. The summed E-state index contributed by atoms with van der Waals surface area (Å²) < 4.78 is 5.96. The number of nitrogens with zero attached hydrogens (tertiary/aromatic N) is 1. The molecule has 0 aliphatic rings. The van der Waals surface area contributed by atoms with Crippen molar-refractivity contribution in [3.05, 3.63) is 96.2 Å². The standard InChI is InChI=1S/C24H19NO3/c26-23(27)14-19-15-25-22-12-5-4-11-21(22)24(19)18-9-6-10-20(13-18)28-16-17-7-2-1-3-8-17/h1-13,15H,14,16H2,(H,26,27). The molecule has 0 radical (unpaired) electrons. The number of carboxylic acid groups (broad SMARTS) is 1. The van der Waals surface area contributed by atoms with E-state index in [1.54, 1.807) is 6.20 Å². The molecule has 28 heavy (non-hydrogen) atoms. The van der Waals surface area contributed by atoms with Crippen LogP contribution in [0.15, 0.2) is 85.1 Å². The Labute approximate surface area is 163 Å². The minimum absolute atomic E-state index is 0.0811. The summed E-state index contributed by atoms with van der Waals surface area (Å²) >= 11 is 0. The van der Waals surface area contributed by atoms with Crippen molar-refractivity contribution in [1.82, 2.24) is 4.98 Å². The molecular formula is C24H19NO3. The van der Waals surface area contributed by atoms with Crippen molar-refractivity contribution in [2.75, 3.05) is 0 Å². The smallest absolute Gasteiger partial charge is 0.307 e. The zero-order chi connectivity index (χ0) is 19.3. The molecule has 1 aromatic heterocycles. The summed E-state index contributed by atoms with van der Waals surface area (Å²) in [6.45, 7) is 0.476. The van der Waals surface area contributed by atoms with E-state index in [1.807, 2.05) is 78.9 Å². The van der Waals surface area contributed by atoms with Gasteiger partial charge in [0, 0.05) is 11.6 Å². The molecule has 0 atom stereocenters. The number of aromatic nitrogens is 1. The molecule has 1 heterocycles. The van der Waals surface area contributed by atoms with E-state index in [1.165, 1.54) is 0 Å². The zero-order valence-electron chi connectivity index (χ0n) is 15.2. The Hall–Kier alpha value is -3.66. The van der Waals surface area contributed by atoms with Crippen LogP contribution in [0.3, 0.4) is 0 Å². The van der Waals surface area contributed by atoms with Gasteiger partial charge in [-0.15, -0.1) is 0 Å². The quantitative estimate of drug-likeness (QED) is 0.513. The highest BCUT2D eigenvalue weighted by molar-refractivity contribution is 5.97. The number of hydrogen-bond donors (Lipinski definition) is 1. The number of aliphatic carboxylic acids is 1. The van der Waals surface area contributed by atoms with E-state index < -0.39 is 5.97 Å². The number of carbonyl (C=O) groups is 1. The number of carboxylic acids is 1. The highest BCUT2D eigenvalue weighted by atomic mass is 16.5. The zero-order valence-corrected chi connectivity index (χ0v) is 15.2. The van der Waals surface area contributed by atoms with E-state index in [0.29, 0.717) is 12.2 Å². The third kappa shape index (κ3) is 3.86. The van der Waals surface area contributed by atoms with Gasteiger partial charge in [0.05, 0.1) is 11.9 Å². The second kappa shape index (κ2) is 7.92. The van der Waals surface area contributed by atoms with Gasteiger partial charge >= 0.3 is 5.97 Å². The molecule has 0 aliphatic heterocycles. The van der Waals surface area contributed by atoms with E-state index in [4.69, 9.17) is 4.74 Å². The number of pyridine rings is 1. The third-order valence-electron chi connectivity index (χ3n) is 4.57. The minimum Gasteiger partial charge on any atom is -0.489 e. The first-order valence-electron chi connectivity index (χ1n) is 9.06. The molecule has 0 spiro atoms. The van der Waals surface area contributed by atoms with Crippen LogP contribution < -0.4 is 4.74 Å². The van der Waals surface area contributed by atoms with Crippen LogP contribution in [0.5, 0.6) is 5.75 Å². The third-order valence-corrected chi connectivity index (χ3v) is 4.57. The largest absolute Gasteiger partial charge is 0.489 e. The first-order valence-corrected chi connectivity index (χ1v) is 9.06.